The van der Waals surface area contributed by atoms with E-state index >= 15 is 0 Å². The highest BCUT2D eigenvalue weighted by atomic mass is 32.1. The van der Waals surface area contributed by atoms with Crippen LogP contribution in [0.2, 0.25) is 0 Å². The predicted octanol–water partition coefficient (Wildman–Crippen LogP) is 0.743. The first-order chi connectivity index (χ1) is 3.66. The van der Waals surface area contributed by atoms with E-state index in [-0.39, 0.29) is 5.11 Å². The van der Waals surface area contributed by atoms with Crippen molar-refractivity contribution in [3.8, 4) is 0 Å². The van der Waals surface area contributed by atoms with Gasteiger partial charge >= 0.3 is 0 Å². The van der Waals surface area contributed by atoms with Crippen LogP contribution in [0.5, 0.6) is 0 Å². The van der Waals surface area contributed by atoms with Crippen molar-refractivity contribution in [3.05, 3.63) is 12.3 Å². The fourth-order valence-corrected chi connectivity index (χ4v) is 0.407. The minimum atomic E-state index is 0.289. The lowest BCUT2D eigenvalue weighted by atomic mass is 10.4. The van der Waals surface area contributed by atoms with Gasteiger partial charge < -0.3 is 11.1 Å². The zero-order valence-corrected chi connectivity index (χ0v) is 5.72. The Morgan fingerprint density at radius 3 is 2.50 bits per heavy atom. The van der Waals surface area contributed by atoms with Crippen LogP contribution in [0.25, 0.3) is 0 Å². The van der Waals surface area contributed by atoms with E-state index in [9.17, 15) is 0 Å². The van der Waals surface area contributed by atoms with Crippen molar-refractivity contribution in [2.75, 3.05) is 0 Å². The molecular weight excluding hydrogens is 120 g/mol. The van der Waals surface area contributed by atoms with Gasteiger partial charge in [0.05, 0.1) is 0 Å². The zero-order chi connectivity index (χ0) is 6.57. The Labute approximate surface area is 54.8 Å². The fraction of sp³-hybridized carbons (Fsp3) is 0.400. The van der Waals surface area contributed by atoms with Crippen molar-refractivity contribution in [2.24, 2.45) is 5.73 Å². The molecule has 46 valence electrons. The number of rotatable bonds is 2. The fourth-order valence-electron chi connectivity index (χ4n) is 0.263. The maximum atomic E-state index is 5.13. The Bertz CT molecular complexity index is 109. The van der Waals surface area contributed by atoms with Gasteiger partial charge in [-0.15, -0.1) is 0 Å². The molecule has 0 fully saturated rings. The maximum Gasteiger partial charge on any atom is 0.167 e. The topological polar surface area (TPSA) is 38.0 Å². The molecular formula is C5H10N2S. The van der Waals surface area contributed by atoms with Gasteiger partial charge in [0.2, 0.25) is 0 Å². The number of hydrogen-bond donors (Lipinski definition) is 2. The number of thiocarbonyl (C=S) groups is 1. The SMILES string of the molecule is C=C(CC)NC(N)=S. The summed E-state index contributed by atoms with van der Waals surface area (Å²) in [4.78, 5) is 0. The van der Waals surface area contributed by atoms with Crippen LogP contribution in [-0.4, -0.2) is 5.11 Å². The molecule has 0 spiro atoms. The van der Waals surface area contributed by atoms with Gasteiger partial charge in [-0.2, -0.15) is 0 Å². The lowest BCUT2D eigenvalue weighted by molar-refractivity contribution is 0.990. The summed E-state index contributed by atoms with van der Waals surface area (Å²) in [5.74, 6) is 0. The Hall–Kier alpha value is -0.570. The van der Waals surface area contributed by atoms with E-state index in [0.717, 1.165) is 12.1 Å². The molecule has 0 heterocycles. The molecule has 0 radical (unpaired) electrons. The van der Waals surface area contributed by atoms with Crippen LogP contribution in [0.1, 0.15) is 13.3 Å². The van der Waals surface area contributed by atoms with Gasteiger partial charge in [-0.1, -0.05) is 13.5 Å². The van der Waals surface area contributed by atoms with E-state index in [1.54, 1.807) is 0 Å². The minimum absolute atomic E-state index is 0.289. The third-order valence-corrected chi connectivity index (χ3v) is 0.829. The molecule has 0 aromatic heterocycles. The maximum absolute atomic E-state index is 5.13. The summed E-state index contributed by atoms with van der Waals surface area (Å²) < 4.78 is 0. The molecule has 0 unspecified atom stereocenters. The van der Waals surface area contributed by atoms with E-state index in [1.165, 1.54) is 0 Å². The van der Waals surface area contributed by atoms with Crippen LogP contribution in [0.4, 0.5) is 0 Å². The van der Waals surface area contributed by atoms with Crippen LogP contribution >= 0.6 is 12.2 Å². The monoisotopic (exact) mass is 130 g/mol. The predicted molar refractivity (Wildman–Crippen MR) is 39.4 cm³/mol. The number of nitrogens with one attached hydrogen (secondary N) is 1. The molecule has 0 aliphatic rings. The highest BCUT2D eigenvalue weighted by Crippen LogP contribution is 1.87. The quantitative estimate of drug-likeness (QED) is 0.541. The summed E-state index contributed by atoms with van der Waals surface area (Å²) in [6.07, 6.45) is 0.858. The van der Waals surface area contributed by atoms with E-state index in [1.807, 2.05) is 6.92 Å². The van der Waals surface area contributed by atoms with Crippen LogP contribution in [0.15, 0.2) is 12.3 Å². The van der Waals surface area contributed by atoms with Gasteiger partial charge in [-0.05, 0) is 18.6 Å². The standard InChI is InChI=1S/C5H10N2S/c1-3-4(2)7-5(6)8/h2-3H2,1H3,(H3,6,7,8). The average Bonchev–Trinajstić information content (AvgIpc) is 1.65. The molecule has 0 atom stereocenters. The van der Waals surface area contributed by atoms with E-state index < -0.39 is 0 Å². The van der Waals surface area contributed by atoms with E-state index in [0.29, 0.717) is 0 Å². The number of hydrogen-bond acceptors (Lipinski definition) is 1. The average molecular weight is 130 g/mol. The van der Waals surface area contributed by atoms with Crippen LogP contribution in [-0.2, 0) is 0 Å². The van der Waals surface area contributed by atoms with Crippen molar-refractivity contribution in [1.82, 2.24) is 5.32 Å². The van der Waals surface area contributed by atoms with Gasteiger partial charge in [0, 0.05) is 5.70 Å². The van der Waals surface area contributed by atoms with E-state index in [2.05, 4.69) is 24.1 Å². The summed E-state index contributed by atoms with van der Waals surface area (Å²) >= 11 is 4.54. The third-order valence-electron chi connectivity index (χ3n) is 0.727. The molecule has 0 aliphatic carbocycles. The van der Waals surface area contributed by atoms with Crippen LogP contribution in [0, 0.1) is 0 Å². The van der Waals surface area contributed by atoms with Crippen molar-refractivity contribution in [3.63, 3.8) is 0 Å². The van der Waals surface area contributed by atoms with Crippen molar-refractivity contribution in [1.29, 1.82) is 0 Å². The molecule has 0 aromatic carbocycles. The molecule has 3 heteroatoms. The van der Waals surface area contributed by atoms with E-state index in [4.69, 9.17) is 5.73 Å². The lowest BCUT2D eigenvalue weighted by Crippen LogP contribution is -2.27. The molecule has 3 N–H and O–H groups in total. The van der Waals surface area contributed by atoms with Gasteiger partial charge in [0.25, 0.3) is 0 Å². The first kappa shape index (κ1) is 7.43. The molecule has 0 aromatic rings. The molecule has 0 saturated heterocycles. The molecule has 2 nitrogen and oxygen atoms in total. The Morgan fingerprint density at radius 1 is 1.88 bits per heavy atom. The second-order valence-corrected chi connectivity index (χ2v) is 1.89. The van der Waals surface area contributed by atoms with Crippen LogP contribution in [0.3, 0.4) is 0 Å². The van der Waals surface area contributed by atoms with Crippen molar-refractivity contribution in [2.45, 2.75) is 13.3 Å². The minimum Gasteiger partial charge on any atom is -0.376 e. The summed E-state index contributed by atoms with van der Waals surface area (Å²) in [6, 6.07) is 0. The summed E-state index contributed by atoms with van der Waals surface area (Å²) in [5.41, 5.74) is 5.99. The summed E-state index contributed by atoms with van der Waals surface area (Å²) in [5, 5.41) is 3.00. The molecule has 0 amide bonds. The van der Waals surface area contributed by atoms with Crippen LogP contribution < -0.4 is 11.1 Å². The Balaban J connectivity index is 3.40. The second kappa shape index (κ2) is 3.43. The van der Waals surface area contributed by atoms with Crippen molar-refractivity contribution < 1.29 is 0 Å². The largest absolute Gasteiger partial charge is 0.376 e. The van der Waals surface area contributed by atoms with Gasteiger partial charge in [0.15, 0.2) is 5.11 Å². The van der Waals surface area contributed by atoms with Gasteiger partial charge in [-0.25, -0.2) is 0 Å². The smallest absolute Gasteiger partial charge is 0.167 e. The van der Waals surface area contributed by atoms with Crippen molar-refractivity contribution >= 4 is 17.3 Å². The molecule has 0 rings (SSSR count). The van der Waals surface area contributed by atoms with Gasteiger partial charge in [0.1, 0.15) is 0 Å². The first-order valence-electron chi connectivity index (χ1n) is 2.41. The number of allylic oxidation sites excluding steroid dienone is 1. The molecule has 0 bridgehead atoms. The molecule has 0 saturated carbocycles. The second-order valence-electron chi connectivity index (χ2n) is 1.45. The Morgan fingerprint density at radius 2 is 2.38 bits per heavy atom. The third kappa shape index (κ3) is 3.61. The first-order valence-corrected chi connectivity index (χ1v) is 2.82. The van der Waals surface area contributed by atoms with Gasteiger partial charge in [-0.3, -0.25) is 0 Å². The molecule has 0 aliphatic heterocycles. The zero-order valence-electron chi connectivity index (χ0n) is 4.90. The summed E-state index contributed by atoms with van der Waals surface area (Å²) in [7, 11) is 0. The molecule has 8 heavy (non-hydrogen) atoms. The highest BCUT2D eigenvalue weighted by molar-refractivity contribution is 7.80. The Kier molecular flexibility index (Phi) is 3.19. The normalized spacial score (nSPS) is 8.12. The summed E-state index contributed by atoms with van der Waals surface area (Å²) in [6.45, 7) is 5.61. The highest BCUT2D eigenvalue weighted by Gasteiger charge is 1.86. The number of nitrogens with two attached hydrogens (primary N) is 1. The lowest BCUT2D eigenvalue weighted by Gasteiger charge is -2.01.